The van der Waals surface area contributed by atoms with Crippen LogP contribution in [0, 0.1) is 0 Å². The second-order valence-electron chi connectivity index (χ2n) is 2.41. The third-order valence-corrected chi connectivity index (χ3v) is 2.32. The van der Waals surface area contributed by atoms with Crippen LogP contribution in [0.15, 0.2) is 0 Å². The van der Waals surface area contributed by atoms with E-state index in [1.807, 2.05) is 7.05 Å². The first kappa shape index (κ1) is 11.2. The maximum absolute atomic E-state index is 9.36. The second-order valence-corrected chi connectivity index (χ2v) is 3.40. The number of nitrogens with one attached hydrogen (secondary N) is 2. The fourth-order valence-electron chi connectivity index (χ4n) is 0.906. The molecule has 0 aromatic rings. The van der Waals surface area contributed by atoms with Crippen LogP contribution >= 0.6 is 11.8 Å². The van der Waals surface area contributed by atoms with Crippen molar-refractivity contribution < 1.29 is 5.11 Å². The average molecular weight is 178 g/mol. The number of aliphatic hydroxyl groups excluding tert-OH is 1. The molecule has 0 aromatic heterocycles. The van der Waals surface area contributed by atoms with Crippen LogP contribution in [0.25, 0.3) is 0 Å². The highest BCUT2D eigenvalue weighted by atomic mass is 32.2. The summed E-state index contributed by atoms with van der Waals surface area (Å²) in [6.45, 7) is 0. The zero-order valence-electron chi connectivity index (χ0n) is 7.42. The first-order chi connectivity index (χ1) is 5.26. The molecule has 0 saturated heterocycles. The van der Waals surface area contributed by atoms with Crippen molar-refractivity contribution in [3.8, 4) is 0 Å². The molecule has 3 N–H and O–H groups in total. The molecule has 0 radical (unpaired) electrons. The number of rotatable bonds is 6. The van der Waals surface area contributed by atoms with Crippen LogP contribution in [0.3, 0.4) is 0 Å². The number of thioether (sulfide) groups is 1. The first-order valence-corrected chi connectivity index (χ1v) is 5.17. The van der Waals surface area contributed by atoms with Gasteiger partial charge < -0.3 is 10.4 Å². The topological polar surface area (TPSA) is 44.3 Å². The Morgan fingerprint density at radius 1 is 1.36 bits per heavy atom. The Morgan fingerprint density at radius 2 is 2.00 bits per heavy atom. The van der Waals surface area contributed by atoms with E-state index in [9.17, 15) is 5.11 Å². The van der Waals surface area contributed by atoms with Gasteiger partial charge in [0.1, 0.15) is 6.23 Å². The van der Waals surface area contributed by atoms with Gasteiger partial charge in [-0.15, -0.1) is 0 Å². The van der Waals surface area contributed by atoms with Gasteiger partial charge in [-0.2, -0.15) is 11.8 Å². The molecule has 1 unspecified atom stereocenters. The van der Waals surface area contributed by atoms with Crippen LogP contribution in [0.2, 0.25) is 0 Å². The summed E-state index contributed by atoms with van der Waals surface area (Å²) < 4.78 is 0. The fraction of sp³-hybridized carbons (Fsp3) is 1.00. The third kappa shape index (κ3) is 4.63. The first-order valence-electron chi connectivity index (χ1n) is 3.77. The van der Waals surface area contributed by atoms with Crippen molar-refractivity contribution in [3.05, 3.63) is 0 Å². The van der Waals surface area contributed by atoms with Gasteiger partial charge in [-0.1, -0.05) is 0 Å². The zero-order valence-corrected chi connectivity index (χ0v) is 8.24. The second kappa shape index (κ2) is 6.91. The van der Waals surface area contributed by atoms with E-state index in [0.29, 0.717) is 0 Å². The summed E-state index contributed by atoms with van der Waals surface area (Å²) in [7, 11) is 3.62. The highest BCUT2D eigenvalue weighted by Crippen LogP contribution is 2.02. The summed E-state index contributed by atoms with van der Waals surface area (Å²) in [6.07, 6.45) is 2.62. The lowest BCUT2D eigenvalue weighted by Gasteiger charge is -2.21. The molecule has 3 nitrogen and oxygen atoms in total. The SMILES string of the molecule is CNC(O)[C@H](CCSC)NC. The number of hydrogen-bond donors (Lipinski definition) is 3. The maximum atomic E-state index is 9.36. The number of aliphatic hydroxyl groups is 1. The van der Waals surface area contributed by atoms with Crippen molar-refractivity contribution in [3.63, 3.8) is 0 Å². The van der Waals surface area contributed by atoms with Gasteiger partial charge in [-0.25, -0.2) is 0 Å². The Balaban J connectivity index is 3.56. The van der Waals surface area contributed by atoms with Gasteiger partial charge in [-0.3, -0.25) is 5.32 Å². The van der Waals surface area contributed by atoms with Crippen LogP contribution < -0.4 is 10.6 Å². The van der Waals surface area contributed by atoms with Gasteiger partial charge in [0.2, 0.25) is 0 Å². The van der Waals surface area contributed by atoms with Crippen LogP contribution in [-0.4, -0.2) is 43.5 Å². The molecule has 0 aromatic carbocycles. The Bertz CT molecular complexity index is 92.5. The van der Waals surface area contributed by atoms with E-state index >= 15 is 0 Å². The normalized spacial score (nSPS) is 16.4. The van der Waals surface area contributed by atoms with Crippen molar-refractivity contribution >= 4 is 11.8 Å². The Labute approximate surface area is 72.9 Å². The molecule has 0 rings (SSSR count). The molecular weight excluding hydrogens is 160 g/mol. The molecule has 11 heavy (non-hydrogen) atoms. The van der Waals surface area contributed by atoms with Crippen LogP contribution in [-0.2, 0) is 0 Å². The molecule has 68 valence electrons. The van der Waals surface area contributed by atoms with Gasteiger partial charge in [0, 0.05) is 6.04 Å². The zero-order chi connectivity index (χ0) is 8.69. The van der Waals surface area contributed by atoms with Gasteiger partial charge in [0.25, 0.3) is 0 Å². The van der Waals surface area contributed by atoms with Crippen LogP contribution in [0.5, 0.6) is 0 Å². The predicted octanol–water partition coefficient (Wildman–Crippen LogP) is -0.135. The van der Waals surface area contributed by atoms with E-state index < -0.39 is 6.23 Å². The Kier molecular flexibility index (Phi) is 7.06. The minimum Gasteiger partial charge on any atom is -0.377 e. The fourth-order valence-corrected chi connectivity index (χ4v) is 1.40. The Hall–Kier alpha value is 0.230. The van der Waals surface area contributed by atoms with Crippen LogP contribution in [0.1, 0.15) is 6.42 Å². The predicted molar refractivity (Wildman–Crippen MR) is 50.9 cm³/mol. The number of hydrogen-bond acceptors (Lipinski definition) is 4. The van der Waals surface area contributed by atoms with E-state index in [4.69, 9.17) is 0 Å². The quantitative estimate of drug-likeness (QED) is 0.496. The lowest BCUT2D eigenvalue weighted by atomic mass is 10.2. The van der Waals surface area contributed by atoms with E-state index in [1.165, 1.54) is 0 Å². The molecule has 2 atom stereocenters. The van der Waals surface area contributed by atoms with Crippen molar-refractivity contribution in [2.75, 3.05) is 26.1 Å². The molecule has 0 spiro atoms. The average Bonchev–Trinajstić information content (AvgIpc) is 2.05. The van der Waals surface area contributed by atoms with Crippen molar-refractivity contribution in [2.24, 2.45) is 0 Å². The highest BCUT2D eigenvalue weighted by Gasteiger charge is 2.13. The van der Waals surface area contributed by atoms with Gasteiger partial charge in [0.05, 0.1) is 0 Å². The third-order valence-electron chi connectivity index (χ3n) is 1.68. The molecule has 0 amide bonds. The van der Waals surface area contributed by atoms with E-state index in [-0.39, 0.29) is 6.04 Å². The van der Waals surface area contributed by atoms with Crippen molar-refractivity contribution in [1.29, 1.82) is 0 Å². The lowest BCUT2D eigenvalue weighted by molar-refractivity contribution is 0.104. The molecule has 0 heterocycles. The summed E-state index contributed by atoms with van der Waals surface area (Å²) in [5.74, 6) is 1.07. The van der Waals surface area contributed by atoms with E-state index in [2.05, 4.69) is 16.9 Å². The molecule has 4 heteroatoms. The smallest absolute Gasteiger partial charge is 0.120 e. The van der Waals surface area contributed by atoms with Gasteiger partial charge in [-0.05, 0) is 32.5 Å². The highest BCUT2D eigenvalue weighted by molar-refractivity contribution is 7.98. The molecule has 0 fully saturated rings. The maximum Gasteiger partial charge on any atom is 0.120 e. The Morgan fingerprint density at radius 3 is 2.36 bits per heavy atom. The largest absolute Gasteiger partial charge is 0.377 e. The molecular formula is C7H18N2OS. The van der Waals surface area contributed by atoms with E-state index in [0.717, 1.165) is 12.2 Å². The minimum absolute atomic E-state index is 0.160. The monoisotopic (exact) mass is 178 g/mol. The molecule has 0 aliphatic heterocycles. The van der Waals surface area contributed by atoms with Gasteiger partial charge in [0.15, 0.2) is 0 Å². The lowest BCUT2D eigenvalue weighted by Crippen LogP contribution is -2.45. The van der Waals surface area contributed by atoms with Crippen molar-refractivity contribution in [1.82, 2.24) is 10.6 Å². The van der Waals surface area contributed by atoms with Crippen molar-refractivity contribution in [2.45, 2.75) is 18.7 Å². The molecule has 0 bridgehead atoms. The van der Waals surface area contributed by atoms with Gasteiger partial charge >= 0.3 is 0 Å². The van der Waals surface area contributed by atoms with E-state index in [1.54, 1.807) is 18.8 Å². The molecule has 0 aliphatic carbocycles. The molecule has 0 aliphatic rings. The molecule has 0 saturated carbocycles. The summed E-state index contributed by atoms with van der Waals surface area (Å²) in [6, 6.07) is 0.160. The summed E-state index contributed by atoms with van der Waals surface area (Å²) in [5.41, 5.74) is 0. The minimum atomic E-state index is -0.438. The standard InChI is InChI=1S/C7H18N2OS/c1-8-6(4-5-11-3)7(10)9-2/h6-10H,4-5H2,1-3H3/t6-,7?/m0/s1. The summed E-state index contributed by atoms with van der Waals surface area (Å²) in [4.78, 5) is 0. The summed E-state index contributed by atoms with van der Waals surface area (Å²) in [5, 5.41) is 15.2. The number of likely N-dealkylation sites (N-methyl/N-ethyl adjacent to an activating group) is 2. The summed E-state index contributed by atoms with van der Waals surface area (Å²) >= 11 is 1.79. The van der Waals surface area contributed by atoms with Crippen LogP contribution in [0.4, 0.5) is 0 Å².